The van der Waals surface area contributed by atoms with Crippen molar-refractivity contribution in [2.45, 2.75) is 45.3 Å². The first kappa shape index (κ1) is 18.2. The molecular formula is C20H31N3O2. The Balaban J connectivity index is 1.36. The van der Waals surface area contributed by atoms with E-state index in [0.717, 1.165) is 58.4 Å². The van der Waals surface area contributed by atoms with Gasteiger partial charge in [-0.15, -0.1) is 0 Å². The van der Waals surface area contributed by atoms with E-state index in [1.165, 1.54) is 11.1 Å². The lowest BCUT2D eigenvalue weighted by Crippen LogP contribution is -2.48. The number of amides is 2. The topological polar surface area (TPSA) is 55.8 Å². The third-order valence-electron chi connectivity index (χ3n) is 5.46. The van der Waals surface area contributed by atoms with Crippen LogP contribution in [0.15, 0.2) is 24.3 Å². The highest BCUT2D eigenvalue weighted by molar-refractivity contribution is 5.74. The lowest BCUT2D eigenvalue weighted by Gasteiger charge is -2.33. The second-order valence-electron chi connectivity index (χ2n) is 7.63. The van der Waals surface area contributed by atoms with E-state index in [0.29, 0.717) is 12.5 Å². The van der Waals surface area contributed by atoms with Gasteiger partial charge in [0.25, 0.3) is 0 Å². The minimum atomic E-state index is -0.357. The van der Waals surface area contributed by atoms with E-state index in [1.807, 2.05) is 0 Å². The number of aliphatic hydroxyl groups is 1. The van der Waals surface area contributed by atoms with Crippen molar-refractivity contribution in [2.24, 2.45) is 5.92 Å². The molecule has 0 radical (unpaired) electrons. The normalized spacial score (nSPS) is 22.8. The second kappa shape index (κ2) is 8.68. The van der Waals surface area contributed by atoms with Crippen LogP contribution < -0.4 is 5.32 Å². The van der Waals surface area contributed by atoms with Gasteiger partial charge < -0.3 is 15.3 Å². The standard InChI is InChI=1S/C20H31N3O2/c1-16-4-6-18(7-5-16)14-22-11-8-17(9-12-22)13-21-20(25)23-10-2-3-19(24)15-23/h4-7,17,19,24H,2-3,8-15H2,1H3,(H,21,25). The number of nitrogens with one attached hydrogen (secondary N) is 1. The molecule has 5 heteroatoms. The Morgan fingerprint density at radius 3 is 2.56 bits per heavy atom. The molecular weight excluding hydrogens is 314 g/mol. The van der Waals surface area contributed by atoms with Crippen molar-refractivity contribution in [1.82, 2.24) is 15.1 Å². The SMILES string of the molecule is Cc1ccc(CN2CCC(CNC(=O)N3CCCC(O)C3)CC2)cc1. The van der Waals surface area contributed by atoms with E-state index in [2.05, 4.69) is 41.4 Å². The number of aliphatic hydroxyl groups excluding tert-OH is 1. The third-order valence-corrected chi connectivity index (χ3v) is 5.46. The third kappa shape index (κ3) is 5.44. The minimum Gasteiger partial charge on any atom is -0.391 e. The van der Waals surface area contributed by atoms with Gasteiger partial charge >= 0.3 is 6.03 Å². The smallest absolute Gasteiger partial charge is 0.317 e. The molecule has 1 unspecified atom stereocenters. The number of carbonyl (C=O) groups is 1. The zero-order chi connectivity index (χ0) is 17.6. The average molecular weight is 345 g/mol. The van der Waals surface area contributed by atoms with Crippen LogP contribution in [0.1, 0.15) is 36.8 Å². The molecule has 2 heterocycles. The van der Waals surface area contributed by atoms with Crippen LogP contribution in [0.4, 0.5) is 4.79 Å². The van der Waals surface area contributed by atoms with E-state index < -0.39 is 0 Å². The van der Waals surface area contributed by atoms with Crippen LogP contribution in [0.5, 0.6) is 0 Å². The Labute approximate surface area is 151 Å². The molecule has 0 aromatic heterocycles. The zero-order valence-electron chi connectivity index (χ0n) is 15.3. The molecule has 138 valence electrons. The molecule has 1 aromatic carbocycles. The number of piperidine rings is 2. The Kier molecular flexibility index (Phi) is 6.32. The number of hydrogen-bond donors (Lipinski definition) is 2. The largest absolute Gasteiger partial charge is 0.391 e. The summed E-state index contributed by atoms with van der Waals surface area (Å²) in [6, 6.07) is 8.77. The van der Waals surface area contributed by atoms with Gasteiger partial charge in [-0.1, -0.05) is 29.8 Å². The molecule has 0 spiro atoms. The molecule has 2 N–H and O–H groups in total. The van der Waals surface area contributed by atoms with Gasteiger partial charge in [-0.05, 0) is 57.2 Å². The fraction of sp³-hybridized carbons (Fsp3) is 0.650. The summed E-state index contributed by atoms with van der Waals surface area (Å²) in [5.74, 6) is 0.563. The lowest BCUT2D eigenvalue weighted by atomic mass is 9.96. The molecule has 2 amide bonds. The van der Waals surface area contributed by atoms with Crippen LogP contribution in [-0.4, -0.2) is 59.8 Å². The van der Waals surface area contributed by atoms with Gasteiger partial charge in [0.2, 0.25) is 0 Å². The first-order valence-electron chi connectivity index (χ1n) is 9.59. The van der Waals surface area contributed by atoms with Crippen molar-refractivity contribution in [3.05, 3.63) is 35.4 Å². The summed E-state index contributed by atoms with van der Waals surface area (Å²) in [6.07, 6.45) is 3.61. The highest BCUT2D eigenvalue weighted by Gasteiger charge is 2.24. The molecule has 2 aliphatic rings. The van der Waals surface area contributed by atoms with Gasteiger partial charge in [-0.25, -0.2) is 4.79 Å². The van der Waals surface area contributed by atoms with E-state index in [-0.39, 0.29) is 12.1 Å². The first-order chi connectivity index (χ1) is 12.1. The summed E-state index contributed by atoms with van der Waals surface area (Å²) in [5.41, 5.74) is 2.68. The van der Waals surface area contributed by atoms with Gasteiger partial charge in [0.05, 0.1) is 6.10 Å². The molecule has 5 nitrogen and oxygen atoms in total. The monoisotopic (exact) mass is 345 g/mol. The van der Waals surface area contributed by atoms with Crippen molar-refractivity contribution < 1.29 is 9.90 Å². The Bertz CT molecular complexity index is 553. The number of likely N-dealkylation sites (tertiary alicyclic amines) is 2. The van der Waals surface area contributed by atoms with Crippen molar-refractivity contribution in [3.8, 4) is 0 Å². The lowest BCUT2D eigenvalue weighted by molar-refractivity contribution is 0.0833. The molecule has 0 bridgehead atoms. The molecule has 25 heavy (non-hydrogen) atoms. The maximum absolute atomic E-state index is 12.2. The Morgan fingerprint density at radius 2 is 1.88 bits per heavy atom. The number of nitrogens with zero attached hydrogens (tertiary/aromatic N) is 2. The van der Waals surface area contributed by atoms with Crippen LogP contribution >= 0.6 is 0 Å². The molecule has 3 rings (SSSR count). The van der Waals surface area contributed by atoms with Crippen molar-refractivity contribution in [3.63, 3.8) is 0 Å². The maximum atomic E-state index is 12.2. The summed E-state index contributed by atoms with van der Waals surface area (Å²) >= 11 is 0. The fourth-order valence-electron chi connectivity index (χ4n) is 3.78. The van der Waals surface area contributed by atoms with E-state index in [4.69, 9.17) is 0 Å². The van der Waals surface area contributed by atoms with E-state index in [9.17, 15) is 9.90 Å². The fourth-order valence-corrected chi connectivity index (χ4v) is 3.78. The van der Waals surface area contributed by atoms with Gasteiger partial charge in [-0.2, -0.15) is 0 Å². The molecule has 0 saturated carbocycles. The van der Waals surface area contributed by atoms with Crippen LogP contribution in [0.3, 0.4) is 0 Å². The number of aryl methyl sites for hydroxylation is 1. The molecule has 1 atom stereocenters. The van der Waals surface area contributed by atoms with Gasteiger partial charge in [0, 0.05) is 26.2 Å². The van der Waals surface area contributed by atoms with Gasteiger partial charge in [-0.3, -0.25) is 4.90 Å². The number of carbonyl (C=O) groups excluding carboxylic acids is 1. The predicted molar refractivity (Wildman–Crippen MR) is 99.4 cm³/mol. The number of urea groups is 1. The van der Waals surface area contributed by atoms with Crippen molar-refractivity contribution >= 4 is 6.03 Å². The summed E-state index contributed by atoms with van der Waals surface area (Å²) in [5, 5.41) is 12.8. The summed E-state index contributed by atoms with van der Waals surface area (Å²) < 4.78 is 0. The minimum absolute atomic E-state index is 0.0131. The molecule has 0 aliphatic carbocycles. The van der Waals surface area contributed by atoms with E-state index >= 15 is 0 Å². The Morgan fingerprint density at radius 1 is 1.16 bits per heavy atom. The van der Waals surface area contributed by atoms with Gasteiger partial charge in [0.15, 0.2) is 0 Å². The number of hydrogen-bond acceptors (Lipinski definition) is 3. The van der Waals surface area contributed by atoms with Crippen LogP contribution in [-0.2, 0) is 6.54 Å². The average Bonchev–Trinajstić information content (AvgIpc) is 2.63. The first-order valence-corrected chi connectivity index (χ1v) is 9.59. The van der Waals surface area contributed by atoms with E-state index in [1.54, 1.807) is 4.90 Å². The molecule has 2 aliphatic heterocycles. The quantitative estimate of drug-likeness (QED) is 0.881. The van der Waals surface area contributed by atoms with Crippen molar-refractivity contribution in [1.29, 1.82) is 0 Å². The second-order valence-corrected chi connectivity index (χ2v) is 7.63. The summed E-state index contributed by atoms with van der Waals surface area (Å²) in [6.45, 7) is 7.31. The number of rotatable bonds is 4. The highest BCUT2D eigenvalue weighted by atomic mass is 16.3. The molecule has 1 aromatic rings. The summed E-state index contributed by atoms with van der Waals surface area (Å²) in [4.78, 5) is 16.5. The molecule has 2 saturated heterocycles. The maximum Gasteiger partial charge on any atom is 0.317 e. The van der Waals surface area contributed by atoms with Crippen LogP contribution in [0.25, 0.3) is 0 Å². The van der Waals surface area contributed by atoms with Crippen molar-refractivity contribution in [2.75, 3.05) is 32.7 Å². The number of benzene rings is 1. The predicted octanol–water partition coefficient (Wildman–Crippen LogP) is 2.37. The van der Waals surface area contributed by atoms with Crippen LogP contribution in [0, 0.1) is 12.8 Å². The summed E-state index contributed by atoms with van der Waals surface area (Å²) in [7, 11) is 0. The Hall–Kier alpha value is -1.59. The van der Waals surface area contributed by atoms with Crippen LogP contribution in [0.2, 0.25) is 0 Å². The molecule has 2 fully saturated rings. The zero-order valence-corrected chi connectivity index (χ0v) is 15.3. The number of β-amino-alcohol motifs (C(OH)–C–C–N with tert-alkyl or cyclic N) is 1. The highest BCUT2D eigenvalue weighted by Crippen LogP contribution is 2.19. The van der Waals surface area contributed by atoms with Gasteiger partial charge in [0.1, 0.15) is 0 Å².